The molecule has 0 radical (unpaired) electrons. The highest BCUT2D eigenvalue weighted by atomic mass is 79.9. The van der Waals surface area contributed by atoms with Crippen LogP contribution in [0.5, 0.6) is 0 Å². The van der Waals surface area contributed by atoms with Crippen LogP contribution in [0.3, 0.4) is 0 Å². The van der Waals surface area contributed by atoms with Crippen molar-refractivity contribution < 1.29 is 5.11 Å². The van der Waals surface area contributed by atoms with Crippen LogP contribution in [0.25, 0.3) is 0 Å². The van der Waals surface area contributed by atoms with Crippen molar-refractivity contribution in [2.24, 2.45) is 0 Å². The number of halogens is 1. The Labute approximate surface area is 91.5 Å². The molecule has 0 aliphatic carbocycles. The summed E-state index contributed by atoms with van der Waals surface area (Å²) in [6.45, 7) is 3.99. The first-order valence-electron chi connectivity index (χ1n) is 4.47. The van der Waals surface area contributed by atoms with Gasteiger partial charge in [0.2, 0.25) is 0 Å². The zero-order valence-electron chi connectivity index (χ0n) is 8.33. The van der Waals surface area contributed by atoms with Gasteiger partial charge in [0, 0.05) is 12.7 Å². The first kappa shape index (κ1) is 11.5. The summed E-state index contributed by atoms with van der Waals surface area (Å²) in [4.78, 5) is 11.5. The minimum atomic E-state index is -0.734. The predicted molar refractivity (Wildman–Crippen MR) is 59.3 cm³/mol. The first-order chi connectivity index (χ1) is 6.40. The summed E-state index contributed by atoms with van der Waals surface area (Å²) in [6, 6.07) is 3.51. The van der Waals surface area contributed by atoms with E-state index in [0.717, 1.165) is 0 Å². The van der Waals surface area contributed by atoms with Gasteiger partial charge in [-0.25, -0.2) is 0 Å². The molecule has 0 saturated heterocycles. The lowest BCUT2D eigenvalue weighted by Crippen LogP contribution is -2.26. The number of aromatic nitrogens is 1. The van der Waals surface area contributed by atoms with Crippen molar-refractivity contribution in [2.75, 3.05) is 0 Å². The highest BCUT2D eigenvalue weighted by Crippen LogP contribution is 2.08. The second kappa shape index (κ2) is 4.28. The number of aryl methyl sites for hydroxylation is 1. The minimum Gasteiger partial charge on any atom is -0.390 e. The normalized spacial score (nSPS) is 11.7. The second-order valence-electron chi connectivity index (χ2n) is 3.92. The SMILES string of the molecule is CC(C)(O)CCn1cccc(Br)c1=O. The fourth-order valence-electron chi connectivity index (χ4n) is 1.08. The smallest absolute Gasteiger partial charge is 0.264 e. The second-order valence-corrected chi connectivity index (χ2v) is 4.77. The van der Waals surface area contributed by atoms with Crippen LogP contribution < -0.4 is 5.56 Å². The fraction of sp³-hybridized carbons (Fsp3) is 0.500. The van der Waals surface area contributed by atoms with Crippen LogP contribution in [0.2, 0.25) is 0 Å². The third-order valence-electron chi connectivity index (χ3n) is 1.94. The monoisotopic (exact) mass is 259 g/mol. The molecule has 0 aromatic carbocycles. The third-order valence-corrected chi connectivity index (χ3v) is 2.54. The van der Waals surface area contributed by atoms with Crippen LogP contribution in [0.1, 0.15) is 20.3 Å². The summed E-state index contributed by atoms with van der Waals surface area (Å²) in [5, 5.41) is 9.51. The number of hydrogen-bond donors (Lipinski definition) is 1. The molecule has 0 spiro atoms. The van der Waals surface area contributed by atoms with Gasteiger partial charge in [-0.2, -0.15) is 0 Å². The van der Waals surface area contributed by atoms with Gasteiger partial charge < -0.3 is 9.67 Å². The van der Waals surface area contributed by atoms with Crippen LogP contribution in [-0.4, -0.2) is 15.3 Å². The average molecular weight is 260 g/mol. The maximum Gasteiger partial charge on any atom is 0.264 e. The van der Waals surface area contributed by atoms with E-state index >= 15 is 0 Å². The van der Waals surface area contributed by atoms with Crippen LogP contribution in [0.15, 0.2) is 27.6 Å². The number of hydrogen-bond acceptors (Lipinski definition) is 2. The fourth-order valence-corrected chi connectivity index (χ4v) is 1.46. The molecular weight excluding hydrogens is 246 g/mol. The van der Waals surface area contributed by atoms with E-state index in [4.69, 9.17) is 0 Å². The quantitative estimate of drug-likeness (QED) is 0.900. The number of nitrogens with zero attached hydrogens (tertiary/aromatic N) is 1. The summed E-state index contributed by atoms with van der Waals surface area (Å²) in [5.74, 6) is 0. The van der Waals surface area contributed by atoms with Gasteiger partial charge in [0.05, 0.1) is 10.1 Å². The van der Waals surface area contributed by atoms with Crippen LogP contribution >= 0.6 is 15.9 Å². The van der Waals surface area contributed by atoms with Crippen molar-refractivity contribution in [3.05, 3.63) is 33.2 Å². The van der Waals surface area contributed by atoms with Gasteiger partial charge in [0.15, 0.2) is 0 Å². The number of aliphatic hydroxyl groups is 1. The van der Waals surface area contributed by atoms with Gasteiger partial charge in [-0.05, 0) is 48.3 Å². The highest BCUT2D eigenvalue weighted by Gasteiger charge is 2.12. The molecule has 0 saturated carbocycles. The molecule has 0 aliphatic rings. The standard InChI is InChI=1S/C10H14BrNO2/c1-10(2,14)5-7-12-6-3-4-8(11)9(12)13/h3-4,6,14H,5,7H2,1-2H3. The zero-order valence-corrected chi connectivity index (χ0v) is 9.91. The minimum absolute atomic E-state index is 0.0586. The molecule has 1 rings (SSSR count). The van der Waals surface area contributed by atoms with E-state index in [1.165, 1.54) is 0 Å². The lowest BCUT2D eigenvalue weighted by molar-refractivity contribution is 0.0659. The molecule has 1 aromatic rings. The van der Waals surface area contributed by atoms with Crippen LogP contribution in [0.4, 0.5) is 0 Å². The van der Waals surface area contributed by atoms with Crippen LogP contribution in [-0.2, 0) is 6.54 Å². The Kier molecular flexibility index (Phi) is 3.50. The van der Waals surface area contributed by atoms with Gasteiger partial charge in [0.1, 0.15) is 0 Å². The predicted octanol–water partition coefficient (Wildman–Crippen LogP) is 1.77. The van der Waals surface area contributed by atoms with Crippen LogP contribution in [0, 0.1) is 0 Å². The molecule has 0 atom stereocenters. The molecule has 0 bridgehead atoms. The molecule has 1 heterocycles. The maximum atomic E-state index is 11.5. The van der Waals surface area contributed by atoms with E-state index in [1.54, 1.807) is 36.7 Å². The van der Waals surface area contributed by atoms with E-state index in [0.29, 0.717) is 17.4 Å². The van der Waals surface area contributed by atoms with Gasteiger partial charge in [-0.1, -0.05) is 0 Å². The Hall–Kier alpha value is -0.610. The zero-order chi connectivity index (χ0) is 10.8. The largest absolute Gasteiger partial charge is 0.390 e. The molecule has 78 valence electrons. The Balaban J connectivity index is 2.78. The maximum absolute atomic E-state index is 11.5. The summed E-state index contributed by atoms with van der Waals surface area (Å²) < 4.78 is 2.14. The molecule has 0 amide bonds. The molecule has 1 N–H and O–H groups in total. The van der Waals surface area contributed by atoms with Crippen molar-refractivity contribution in [2.45, 2.75) is 32.4 Å². The lowest BCUT2D eigenvalue weighted by Gasteiger charge is -2.17. The molecule has 0 aliphatic heterocycles. The Morgan fingerprint density at radius 1 is 1.57 bits per heavy atom. The van der Waals surface area contributed by atoms with E-state index in [1.807, 2.05) is 0 Å². The highest BCUT2D eigenvalue weighted by molar-refractivity contribution is 9.10. The van der Waals surface area contributed by atoms with E-state index in [9.17, 15) is 9.90 Å². The summed E-state index contributed by atoms with van der Waals surface area (Å²) in [5.41, 5.74) is -0.793. The molecule has 0 fully saturated rings. The Morgan fingerprint density at radius 2 is 2.21 bits per heavy atom. The summed E-state index contributed by atoms with van der Waals surface area (Å²) >= 11 is 3.17. The molecule has 3 nitrogen and oxygen atoms in total. The van der Waals surface area contributed by atoms with Crippen molar-refractivity contribution in [1.82, 2.24) is 4.57 Å². The van der Waals surface area contributed by atoms with Gasteiger partial charge in [-0.15, -0.1) is 0 Å². The van der Waals surface area contributed by atoms with Crippen molar-refractivity contribution in [1.29, 1.82) is 0 Å². The molecular formula is C10H14BrNO2. The topological polar surface area (TPSA) is 42.2 Å². The van der Waals surface area contributed by atoms with Crippen molar-refractivity contribution in [3.8, 4) is 0 Å². The molecule has 14 heavy (non-hydrogen) atoms. The number of rotatable bonds is 3. The van der Waals surface area contributed by atoms with Gasteiger partial charge in [0.25, 0.3) is 5.56 Å². The van der Waals surface area contributed by atoms with E-state index in [-0.39, 0.29) is 5.56 Å². The van der Waals surface area contributed by atoms with Gasteiger partial charge in [-0.3, -0.25) is 4.79 Å². The lowest BCUT2D eigenvalue weighted by atomic mass is 10.1. The van der Waals surface area contributed by atoms with Crippen molar-refractivity contribution >= 4 is 15.9 Å². The molecule has 0 unspecified atom stereocenters. The Bertz CT molecular complexity index is 365. The average Bonchev–Trinajstić information content (AvgIpc) is 2.06. The third kappa shape index (κ3) is 3.27. The Morgan fingerprint density at radius 3 is 2.79 bits per heavy atom. The van der Waals surface area contributed by atoms with E-state index in [2.05, 4.69) is 15.9 Å². The van der Waals surface area contributed by atoms with E-state index < -0.39 is 5.60 Å². The molecule has 4 heteroatoms. The summed E-state index contributed by atoms with van der Waals surface area (Å²) in [6.07, 6.45) is 2.28. The van der Waals surface area contributed by atoms with Gasteiger partial charge >= 0.3 is 0 Å². The number of pyridine rings is 1. The molecule has 1 aromatic heterocycles. The van der Waals surface area contributed by atoms with Crippen molar-refractivity contribution in [3.63, 3.8) is 0 Å². The first-order valence-corrected chi connectivity index (χ1v) is 5.27. The summed E-state index contributed by atoms with van der Waals surface area (Å²) in [7, 11) is 0.